The van der Waals surface area contributed by atoms with Crippen LogP contribution in [0.15, 0.2) is 34.8 Å². The van der Waals surface area contributed by atoms with Gasteiger partial charge in [-0.15, -0.1) is 0 Å². The molecule has 2 nitrogen and oxygen atoms in total. The van der Waals surface area contributed by atoms with Gasteiger partial charge in [-0.25, -0.2) is 13.2 Å². The third-order valence-electron chi connectivity index (χ3n) is 2.47. The molecule has 0 radical (unpaired) electrons. The van der Waals surface area contributed by atoms with Crippen LogP contribution in [0.1, 0.15) is 10.4 Å². The fourth-order valence-electron chi connectivity index (χ4n) is 1.45. The highest BCUT2D eigenvalue weighted by molar-refractivity contribution is 9.10. The summed E-state index contributed by atoms with van der Waals surface area (Å²) in [7, 11) is 0. The summed E-state index contributed by atoms with van der Waals surface area (Å²) in [4.78, 5) is 11.9. The summed E-state index contributed by atoms with van der Waals surface area (Å²) in [6.07, 6.45) is 0. The Bertz CT molecular complexity index is 694. The van der Waals surface area contributed by atoms with E-state index >= 15 is 0 Å². The molecule has 0 aromatic heterocycles. The second-order valence-corrected chi connectivity index (χ2v) is 5.07. The van der Waals surface area contributed by atoms with E-state index in [1.807, 2.05) is 0 Å². The lowest BCUT2D eigenvalue weighted by Gasteiger charge is -2.08. The molecule has 0 bridgehead atoms. The monoisotopic (exact) mass is 363 g/mol. The quantitative estimate of drug-likeness (QED) is 0.764. The van der Waals surface area contributed by atoms with Crippen molar-refractivity contribution in [1.82, 2.24) is 0 Å². The Morgan fingerprint density at radius 2 is 1.80 bits per heavy atom. The van der Waals surface area contributed by atoms with Crippen LogP contribution in [0, 0.1) is 17.5 Å². The van der Waals surface area contributed by atoms with Gasteiger partial charge < -0.3 is 5.32 Å². The van der Waals surface area contributed by atoms with Gasteiger partial charge in [0.15, 0.2) is 17.5 Å². The predicted octanol–water partition coefficient (Wildman–Crippen LogP) is 4.77. The van der Waals surface area contributed by atoms with Gasteiger partial charge in [-0.2, -0.15) is 0 Å². The van der Waals surface area contributed by atoms with E-state index in [1.165, 1.54) is 12.1 Å². The van der Waals surface area contributed by atoms with Crippen LogP contribution in [0.25, 0.3) is 0 Å². The highest BCUT2D eigenvalue weighted by Gasteiger charge is 2.16. The number of rotatable bonds is 2. The van der Waals surface area contributed by atoms with Crippen LogP contribution >= 0.6 is 27.5 Å². The Morgan fingerprint density at radius 1 is 1.10 bits per heavy atom. The van der Waals surface area contributed by atoms with Crippen molar-refractivity contribution in [2.24, 2.45) is 0 Å². The Morgan fingerprint density at radius 3 is 2.45 bits per heavy atom. The zero-order valence-corrected chi connectivity index (χ0v) is 12.0. The van der Waals surface area contributed by atoms with Crippen molar-refractivity contribution in [1.29, 1.82) is 0 Å². The molecular formula is C13H6BrClF3NO. The van der Waals surface area contributed by atoms with E-state index in [1.54, 1.807) is 6.07 Å². The molecule has 1 N–H and O–H groups in total. The van der Waals surface area contributed by atoms with Gasteiger partial charge in [-0.05, 0) is 46.3 Å². The van der Waals surface area contributed by atoms with Crippen molar-refractivity contribution in [2.75, 3.05) is 5.32 Å². The van der Waals surface area contributed by atoms with Gasteiger partial charge in [0.25, 0.3) is 5.91 Å². The third-order valence-corrected chi connectivity index (χ3v) is 3.70. The first kappa shape index (κ1) is 14.9. The van der Waals surface area contributed by atoms with Gasteiger partial charge >= 0.3 is 0 Å². The first-order chi connectivity index (χ1) is 9.40. The second kappa shape index (κ2) is 5.85. The molecule has 7 heteroatoms. The standard InChI is InChI=1S/C13H6BrClF3NO/c14-7-2-1-6(5-8(7)15)13(20)19-10-4-3-9(16)11(17)12(10)18/h1-5H,(H,19,20). The summed E-state index contributed by atoms with van der Waals surface area (Å²) >= 11 is 8.99. The topological polar surface area (TPSA) is 29.1 Å². The van der Waals surface area contributed by atoms with Gasteiger partial charge in [0, 0.05) is 10.0 Å². The average molecular weight is 365 g/mol. The summed E-state index contributed by atoms with van der Waals surface area (Å²) < 4.78 is 39.8. The maximum absolute atomic E-state index is 13.4. The lowest BCUT2D eigenvalue weighted by Crippen LogP contribution is -2.14. The zero-order chi connectivity index (χ0) is 14.9. The number of anilines is 1. The summed E-state index contributed by atoms with van der Waals surface area (Å²) in [6.45, 7) is 0. The van der Waals surface area contributed by atoms with Crippen LogP contribution in [-0.4, -0.2) is 5.91 Å². The summed E-state index contributed by atoms with van der Waals surface area (Å²) in [5.41, 5.74) is -0.296. The SMILES string of the molecule is O=C(Nc1ccc(F)c(F)c1F)c1ccc(Br)c(Cl)c1. The van der Waals surface area contributed by atoms with Crippen LogP contribution in [0.2, 0.25) is 5.02 Å². The van der Waals surface area contributed by atoms with Crippen molar-refractivity contribution >= 4 is 39.1 Å². The Balaban J connectivity index is 2.28. The Labute approximate surface area is 125 Å². The lowest BCUT2D eigenvalue weighted by atomic mass is 10.2. The van der Waals surface area contributed by atoms with E-state index in [9.17, 15) is 18.0 Å². The average Bonchev–Trinajstić information content (AvgIpc) is 2.42. The normalized spacial score (nSPS) is 10.4. The van der Waals surface area contributed by atoms with Crippen LogP contribution < -0.4 is 5.32 Å². The molecule has 0 fully saturated rings. The molecule has 1 amide bonds. The molecule has 0 unspecified atom stereocenters. The number of hydrogen-bond donors (Lipinski definition) is 1. The highest BCUT2D eigenvalue weighted by Crippen LogP contribution is 2.24. The van der Waals surface area contributed by atoms with Crippen molar-refractivity contribution in [3.8, 4) is 0 Å². The minimum Gasteiger partial charge on any atom is -0.319 e. The summed E-state index contributed by atoms with van der Waals surface area (Å²) in [6, 6.07) is 6.01. The number of carbonyl (C=O) groups is 1. The molecular weight excluding hydrogens is 359 g/mol. The van der Waals surface area contributed by atoms with E-state index in [-0.39, 0.29) is 5.56 Å². The molecule has 0 saturated heterocycles. The van der Waals surface area contributed by atoms with Gasteiger partial charge in [0.1, 0.15) is 0 Å². The number of hydrogen-bond acceptors (Lipinski definition) is 1. The number of benzene rings is 2. The summed E-state index contributed by atoms with van der Waals surface area (Å²) in [5.74, 6) is -5.12. The maximum Gasteiger partial charge on any atom is 0.255 e. The second-order valence-electron chi connectivity index (χ2n) is 3.81. The fraction of sp³-hybridized carbons (Fsp3) is 0. The van der Waals surface area contributed by atoms with Crippen molar-refractivity contribution in [2.45, 2.75) is 0 Å². The molecule has 20 heavy (non-hydrogen) atoms. The highest BCUT2D eigenvalue weighted by atomic mass is 79.9. The molecule has 0 spiro atoms. The molecule has 0 heterocycles. The largest absolute Gasteiger partial charge is 0.319 e. The van der Waals surface area contributed by atoms with Crippen molar-refractivity contribution in [3.63, 3.8) is 0 Å². The van der Waals surface area contributed by atoms with Crippen LogP contribution in [0.3, 0.4) is 0 Å². The number of nitrogens with one attached hydrogen (secondary N) is 1. The number of carbonyl (C=O) groups excluding carboxylic acids is 1. The fourth-order valence-corrected chi connectivity index (χ4v) is 1.88. The molecule has 0 saturated carbocycles. The van der Waals surface area contributed by atoms with E-state index in [0.717, 1.165) is 12.1 Å². The number of halogens is 5. The molecule has 0 aliphatic rings. The van der Waals surface area contributed by atoms with E-state index in [4.69, 9.17) is 11.6 Å². The van der Waals surface area contributed by atoms with Crippen LogP contribution in [0.4, 0.5) is 18.9 Å². The van der Waals surface area contributed by atoms with E-state index < -0.39 is 29.0 Å². The van der Waals surface area contributed by atoms with E-state index in [2.05, 4.69) is 21.2 Å². The minimum atomic E-state index is -1.64. The van der Waals surface area contributed by atoms with Gasteiger partial charge in [-0.1, -0.05) is 11.6 Å². The Kier molecular flexibility index (Phi) is 4.35. The first-order valence-electron chi connectivity index (χ1n) is 5.30. The molecule has 0 aliphatic heterocycles. The van der Waals surface area contributed by atoms with Gasteiger partial charge in [0.2, 0.25) is 0 Å². The van der Waals surface area contributed by atoms with Crippen molar-refractivity contribution < 1.29 is 18.0 Å². The van der Waals surface area contributed by atoms with Gasteiger partial charge in [-0.3, -0.25) is 4.79 Å². The molecule has 0 atom stereocenters. The minimum absolute atomic E-state index is 0.155. The third kappa shape index (κ3) is 2.96. The predicted molar refractivity (Wildman–Crippen MR) is 73.4 cm³/mol. The van der Waals surface area contributed by atoms with Crippen LogP contribution in [0.5, 0.6) is 0 Å². The van der Waals surface area contributed by atoms with Gasteiger partial charge in [0.05, 0.1) is 10.7 Å². The van der Waals surface area contributed by atoms with E-state index in [0.29, 0.717) is 9.50 Å². The molecule has 2 rings (SSSR count). The summed E-state index contributed by atoms with van der Waals surface area (Å²) in [5, 5.41) is 2.44. The number of amides is 1. The zero-order valence-electron chi connectivity index (χ0n) is 9.68. The Hall–Kier alpha value is -1.53. The molecule has 104 valence electrons. The lowest BCUT2D eigenvalue weighted by molar-refractivity contribution is 0.102. The van der Waals surface area contributed by atoms with Crippen LogP contribution in [-0.2, 0) is 0 Å². The molecule has 2 aromatic carbocycles. The first-order valence-corrected chi connectivity index (χ1v) is 6.47. The van der Waals surface area contributed by atoms with Crippen molar-refractivity contribution in [3.05, 3.63) is 62.8 Å². The smallest absolute Gasteiger partial charge is 0.255 e. The molecule has 2 aromatic rings. The maximum atomic E-state index is 13.4. The molecule has 0 aliphatic carbocycles.